The maximum absolute atomic E-state index is 11.9. The summed E-state index contributed by atoms with van der Waals surface area (Å²) in [5, 5.41) is 5.14. The molecule has 1 aromatic rings. The highest BCUT2D eigenvalue weighted by Gasteiger charge is 2.48. The summed E-state index contributed by atoms with van der Waals surface area (Å²) >= 11 is 0. The van der Waals surface area contributed by atoms with Gasteiger partial charge in [-0.2, -0.15) is 0 Å². The third-order valence-corrected chi connectivity index (χ3v) is 3.83. The Balaban J connectivity index is 1.72. The predicted molar refractivity (Wildman–Crippen MR) is 70.4 cm³/mol. The van der Waals surface area contributed by atoms with E-state index in [-0.39, 0.29) is 11.9 Å². The zero-order valence-electron chi connectivity index (χ0n) is 10.7. The zero-order valence-corrected chi connectivity index (χ0v) is 10.7. The van der Waals surface area contributed by atoms with Crippen LogP contribution in [0.25, 0.3) is 0 Å². The van der Waals surface area contributed by atoms with E-state index in [1.807, 2.05) is 18.2 Å². The van der Waals surface area contributed by atoms with Crippen molar-refractivity contribution in [2.24, 2.45) is 0 Å². The molecule has 1 aromatic carbocycles. The number of imide groups is 1. The summed E-state index contributed by atoms with van der Waals surface area (Å²) in [6, 6.07) is 9.80. The van der Waals surface area contributed by atoms with Crippen molar-refractivity contribution < 1.29 is 9.59 Å². The van der Waals surface area contributed by atoms with E-state index in [1.165, 1.54) is 5.56 Å². The van der Waals surface area contributed by atoms with Crippen LogP contribution in [-0.2, 0) is 11.3 Å². The first kappa shape index (κ1) is 12.2. The van der Waals surface area contributed by atoms with Gasteiger partial charge in [0, 0.05) is 13.1 Å². The van der Waals surface area contributed by atoms with Gasteiger partial charge in [-0.15, -0.1) is 0 Å². The summed E-state index contributed by atoms with van der Waals surface area (Å²) in [5.74, 6) is -0.185. The van der Waals surface area contributed by atoms with E-state index < -0.39 is 5.54 Å². The number of nitrogens with zero attached hydrogens (tertiary/aromatic N) is 1. The molecule has 1 atom stereocenters. The van der Waals surface area contributed by atoms with E-state index in [0.29, 0.717) is 6.54 Å². The van der Waals surface area contributed by atoms with Gasteiger partial charge >= 0.3 is 6.03 Å². The lowest BCUT2D eigenvalue weighted by atomic mass is 9.89. The first-order chi connectivity index (χ1) is 9.18. The Morgan fingerprint density at radius 2 is 2.00 bits per heavy atom. The van der Waals surface area contributed by atoms with Crippen LogP contribution in [0.15, 0.2) is 30.3 Å². The van der Waals surface area contributed by atoms with Gasteiger partial charge in [0.25, 0.3) is 5.91 Å². The van der Waals surface area contributed by atoms with Gasteiger partial charge in [0.2, 0.25) is 0 Å². The van der Waals surface area contributed by atoms with Crippen molar-refractivity contribution in [3.8, 4) is 0 Å². The summed E-state index contributed by atoms with van der Waals surface area (Å²) in [6.07, 6.45) is 1.64. The molecule has 1 spiro atoms. The SMILES string of the molecule is O=C1NC(=O)[C@]2(CCCN(Cc3ccccc3)C2)N1. The molecule has 3 rings (SSSR count). The monoisotopic (exact) mass is 259 g/mol. The molecule has 2 aliphatic rings. The number of benzene rings is 1. The molecule has 0 unspecified atom stereocenters. The number of carbonyl (C=O) groups is 2. The highest BCUT2D eigenvalue weighted by Crippen LogP contribution is 2.25. The van der Waals surface area contributed by atoms with Gasteiger partial charge in [0.15, 0.2) is 0 Å². The highest BCUT2D eigenvalue weighted by molar-refractivity contribution is 6.07. The van der Waals surface area contributed by atoms with Gasteiger partial charge in [0.1, 0.15) is 5.54 Å². The minimum atomic E-state index is -0.718. The van der Waals surface area contributed by atoms with Crippen molar-refractivity contribution in [1.82, 2.24) is 15.5 Å². The molecule has 0 radical (unpaired) electrons. The van der Waals surface area contributed by atoms with E-state index in [4.69, 9.17) is 0 Å². The number of hydrogen-bond acceptors (Lipinski definition) is 3. The van der Waals surface area contributed by atoms with Crippen LogP contribution in [-0.4, -0.2) is 35.5 Å². The lowest BCUT2D eigenvalue weighted by molar-refractivity contribution is -0.126. The number of hydrogen-bond donors (Lipinski definition) is 2. The number of piperidine rings is 1. The normalized spacial score (nSPS) is 27.4. The molecule has 0 bridgehead atoms. The molecule has 2 saturated heterocycles. The molecule has 2 N–H and O–H groups in total. The quantitative estimate of drug-likeness (QED) is 0.774. The van der Waals surface area contributed by atoms with Gasteiger partial charge in [-0.25, -0.2) is 4.79 Å². The standard InChI is InChI=1S/C14H17N3O2/c18-12-14(16-13(19)15-12)7-4-8-17(10-14)9-11-5-2-1-3-6-11/h1-3,5-6H,4,7-10H2,(H2,15,16,18,19)/t14-/m1/s1. The Hall–Kier alpha value is -1.88. The molecular formula is C14H17N3O2. The number of carbonyl (C=O) groups excluding carboxylic acids is 2. The van der Waals surface area contributed by atoms with Gasteiger partial charge < -0.3 is 5.32 Å². The fourth-order valence-electron chi connectivity index (χ4n) is 2.94. The van der Waals surface area contributed by atoms with Crippen molar-refractivity contribution in [1.29, 1.82) is 0 Å². The Labute approximate surface area is 112 Å². The van der Waals surface area contributed by atoms with Crippen LogP contribution in [0.2, 0.25) is 0 Å². The third-order valence-electron chi connectivity index (χ3n) is 3.83. The second kappa shape index (κ2) is 4.66. The molecular weight excluding hydrogens is 242 g/mol. The van der Waals surface area contributed by atoms with Gasteiger partial charge in [0.05, 0.1) is 0 Å². The molecule has 0 aliphatic carbocycles. The Bertz CT molecular complexity index is 503. The minimum Gasteiger partial charge on any atom is -0.322 e. The average Bonchev–Trinajstić information content (AvgIpc) is 2.65. The first-order valence-corrected chi connectivity index (χ1v) is 6.58. The maximum atomic E-state index is 11.9. The van der Waals surface area contributed by atoms with Gasteiger partial charge in [-0.05, 0) is 24.9 Å². The molecule has 5 nitrogen and oxygen atoms in total. The lowest BCUT2D eigenvalue weighted by Crippen LogP contribution is -2.58. The maximum Gasteiger partial charge on any atom is 0.322 e. The number of rotatable bonds is 2. The van der Waals surface area contributed by atoms with E-state index in [0.717, 1.165) is 25.9 Å². The summed E-state index contributed by atoms with van der Waals surface area (Å²) in [6.45, 7) is 2.35. The molecule has 0 saturated carbocycles. The Kier molecular flexibility index (Phi) is 2.98. The van der Waals surface area contributed by atoms with Crippen LogP contribution in [0, 0.1) is 0 Å². The predicted octanol–water partition coefficient (Wildman–Crippen LogP) is 0.861. The fraction of sp³-hybridized carbons (Fsp3) is 0.429. The van der Waals surface area contributed by atoms with E-state index in [9.17, 15) is 9.59 Å². The number of likely N-dealkylation sites (tertiary alicyclic amines) is 1. The van der Waals surface area contributed by atoms with Crippen molar-refractivity contribution in [3.05, 3.63) is 35.9 Å². The molecule has 19 heavy (non-hydrogen) atoms. The Morgan fingerprint density at radius 1 is 1.21 bits per heavy atom. The second-order valence-electron chi connectivity index (χ2n) is 5.29. The molecule has 3 amide bonds. The van der Waals surface area contributed by atoms with Crippen LogP contribution in [0.3, 0.4) is 0 Å². The van der Waals surface area contributed by atoms with Gasteiger partial charge in [-0.3, -0.25) is 15.0 Å². The number of amides is 3. The summed E-state index contributed by atoms with van der Waals surface area (Å²) in [4.78, 5) is 25.5. The average molecular weight is 259 g/mol. The van der Waals surface area contributed by atoms with Crippen molar-refractivity contribution in [2.75, 3.05) is 13.1 Å². The van der Waals surface area contributed by atoms with E-state index in [1.54, 1.807) is 0 Å². The van der Waals surface area contributed by atoms with Crippen molar-refractivity contribution in [3.63, 3.8) is 0 Å². The van der Waals surface area contributed by atoms with E-state index >= 15 is 0 Å². The largest absolute Gasteiger partial charge is 0.322 e. The molecule has 5 heteroatoms. The lowest BCUT2D eigenvalue weighted by Gasteiger charge is -2.38. The molecule has 2 heterocycles. The summed E-state index contributed by atoms with van der Waals surface area (Å²) in [5.41, 5.74) is 0.508. The van der Waals surface area contributed by atoms with Crippen LogP contribution in [0.1, 0.15) is 18.4 Å². The molecule has 100 valence electrons. The summed E-state index contributed by atoms with van der Waals surface area (Å²) in [7, 11) is 0. The van der Waals surface area contributed by atoms with E-state index in [2.05, 4.69) is 27.7 Å². The minimum absolute atomic E-state index is 0.185. The third kappa shape index (κ3) is 2.33. The fourth-order valence-corrected chi connectivity index (χ4v) is 2.94. The molecule has 2 aliphatic heterocycles. The number of urea groups is 1. The first-order valence-electron chi connectivity index (χ1n) is 6.58. The van der Waals surface area contributed by atoms with Gasteiger partial charge in [-0.1, -0.05) is 30.3 Å². The number of nitrogens with one attached hydrogen (secondary N) is 2. The van der Waals surface area contributed by atoms with Crippen molar-refractivity contribution >= 4 is 11.9 Å². The highest BCUT2D eigenvalue weighted by atomic mass is 16.2. The van der Waals surface area contributed by atoms with Crippen molar-refractivity contribution in [2.45, 2.75) is 24.9 Å². The molecule has 0 aromatic heterocycles. The summed E-state index contributed by atoms with van der Waals surface area (Å²) < 4.78 is 0. The second-order valence-corrected chi connectivity index (χ2v) is 5.29. The van der Waals surface area contributed by atoms with Crippen LogP contribution < -0.4 is 10.6 Å². The van der Waals surface area contributed by atoms with Crippen LogP contribution >= 0.6 is 0 Å². The smallest absolute Gasteiger partial charge is 0.322 e. The molecule has 2 fully saturated rings. The van der Waals surface area contributed by atoms with Crippen LogP contribution in [0.5, 0.6) is 0 Å². The zero-order chi connectivity index (χ0) is 13.3. The Morgan fingerprint density at radius 3 is 2.68 bits per heavy atom. The topological polar surface area (TPSA) is 61.4 Å². The van der Waals surface area contributed by atoms with Crippen LogP contribution in [0.4, 0.5) is 4.79 Å².